The molecule has 1 aromatic rings. The SMILES string of the molecule is Cc1nc(C)c(CO[C@H]2C(=O)O[C@H]3O[C@]45C(=O)OC6CCC32C64CC2OC(=O)C[C@@]25O)nc1C. The molecule has 0 bridgehead atoms. The van der Waals surface area contributed by atoms with Crippen LogP contribution in [0.5, 0.6) is 0 Å². The van der Waals surface area contributed by atoms with E-state index in [0.717, 1.165) is 11.4 Å². The van der Waals surface area contributed by atoms with Gasteiger partial charge < -0.3 is 28.8 Å². The summed E-state index contributed by atoms with van der Waals surface area (Å²) < 4.78 is 29.3. The smallest absolute Gasteiger partial charge is 0.342 e. The van der Waals surface area contributed by atoms with Gasteiger partial charge in [-0.2, -0.15) is 0 Å². The number of aliphatic hydroxyl groups is 1. The lowest BCUT2D eigenvalue weighted by molar-refractivity contribution is -0.230. The van der Waals surface area contributed by atoms with Crippen molar-refractivity contribution in [1.82, 2.24) is 9.97 Å². The molecule has 4 aliphatic heterocycles. The molecule has 2 saturated carbocycles. The molecular weight excluding hydrogens is 448 g/mol. The molecule has 5 heterocycles. The van der Waals surface area contributed by atoms with Crippen LogP contribution >= 0.6 is 0 Å². The van der Waals surface area contributed by atoms with Crippen LogP contribution in [0.3, 0.4) is 0 Å². The molecule has 0 amide bonds. The van der Waals surface area contributed by atoms with E-state index >= 15 is 0 Å². The maximum atomic E-state index is 13.3. The molecule has 8 atom stereocenters. The molecule has 1 aromatic heterocycles. The van der Waals surface area contributed by atoms with Crippen molar-refractivity contribution >= 4 is 17.9 Å². The molecule has 1 N–H and O–H groups in total. The summed E-state index contributed by atoms with van der Waals surface area (Å²) >= 11 is 0. The first-order chi connectivity index (χ1) is 16.1. The standard InChI is InChI=1S/C23H24N2O9/c1-9-10(2)25-12(11(3)24-9)8-30-16-17(27)33-19-20(16)5-4-13-21(20)6-14-22(29,7-15(26)31-14)23(21,34-19)18(28)32-13/h13-14,16,19,29H,4-8H2,1-3H3/t13?,14?,16-,19-,20?,21?,22+,23+/m0/s1. The van der Waals surface area contributed by atoms with Gasteiger partial charge in [0.25, 0.3) is 0 Å². The summed E-state index contributed by atoms with van der Waals surface area (Å²) in [6, 6.07) is 0. The number of carbonyl (C=O) groups is 3. The molecule has 0 aromatic carbocycles. The summed E-state index contributed by atoms with van der Waals surface area (Å²) in [5.74, 6) is -1.93. The average molecular weight is 472 g/mol. The van der Waals surface area contributed by atoms with Crippen molar-refractivity contribution in [3.63, 3.8) is 0 Å². The summed E-state index contributed by atoms with van der Waals surface area (Å²) in [6.07, 6.45) is -3.08. The number of carbonyl (C=O) groups excluding carboxylic acids is 3. The van der Waals surface area contributed by atoms with Gasteiger partial charge in [0.1, 0.15) is 12.2 Å². The van der Waals surface area contributed by atoms with Crippen molar-refractivity contribution < 1.29 is 43.2 Å². The van der Waals surface area contributed by atoms with Crippen LogP contribution in [-0.4, -0.2) is 68.8 Å². The van der Waals surface area contributed by atoms with Crippen LogP contribution in [0.1, 0.15) is 48.5 Å². The van der Waals surface area contributed by atoms with Gasteiger partial charge in [-0.15, -0.1) is 0 Å². The maximum Gasteiger partial charge on any atom is 0.342 e. The molecule has 4 saturated heterocycles. The van der Waals surface area contributed by atoms with Crippen molar-refractivity contribution in [2.75, 3.05) is 0 Å². The second-order valence-corrected chi connectivity index (χ2v) is 10.4. The predicted molar refractivity (Wildman–Crippen MR) is 107 cm³/mol. The van der Waals surface area contributed by atoms with Crippen molar-refractivity contribution in [1.29, 1.82) is 0 Å². The van der Waals surface area contributed by atoms with E-state index in [9.17, 15) is 19.5 Å². The molecule has 6 fully saturated rings. The highest BCUT2D eigenvalue weighted by molar-refractivity contribution is 5.92. The van der Waals surface area contributed by atoms with Crippen LogP contribution in [0.2, 0.25) is 0 Å². The Morgan fingerprint density at radius 1 is 1.03 bits per heavy atom. The van der Waals surface area contributed by atoms with E-state index in [4.69, 9.17) is 23.7 Å². The minimum atomic E-state index is -1.90. The van der Waals surface area contributed by atoms with Gasteiger partial charge in [0.2, 0.25) is 11.9 Å². The van der Waals surface area contributed by atoms with E-state index in [1.54, 1.807) is 0 Å². The predicted octanol–water partition coefficient (Wildman–Crippen LogP) is 0.0813. The van der Waals surface area contributed by atoms with Gasteiger partial charge in [-0.1, -0.05) is 0 Å². The van der Waals surface area contributed by atoms with Crippen molar-refractivity contribution in [2.45, 2.75) is 88.9 Å². The zero-order valence-electron chi connectivity index (χ0n) is 19.0. The van der Waals surface area contributed by atoms with Gasteiger partial charge in [0, 0.05) is 6.42 Å². The second-order valence-electron chi connectivity index (χ2n) is 10.4. The number of rotatable bonds is 3. The molecule has 34 heavy (non-hydrogen) atoms. The van der Waals surface area contributed by atoms with Crippen LogP contribution in [-0.2, 0) is 44.7 Å². The fraction of sp³-hybridized carbons (Fsp3) is 0.696. The van der Waals surface area contributed by atoms with E-state index in [1.807, 2.05) is 20.8 Å². The quantitative estimate of drug-likeness (QED) is 0.472. The van der Waals surface area contributed by atoms with Gasteiger partial charge in [-0.05, 0) is 33.6 Å². The lowest BCUT2D eigenvalue weighted by atomic mass is 9.57. The van der Waals surface area contributed by atoms with Crippen LogP contribution < -0.4 is 0 Å². The zero-order valence-corrected chi connectivity index (χ0v) is 19.0. The van der Waals surface area contributed by atoms with Crippen LogP contribution in [0, 0.1) is 31.6 Å². The molecule has 2 spiro atoms. The molecule has 7 rings (SSSR count). The number of fused-ring (bicyclic) bond motifs is 1. The molecular formula is C23H24N2O9. The largest absolute Gasteiger partial charge is 0.459 e. The van der Waals surface area contributed by atoms with Gasteiger partial charge in [-0.3, -0.25) is 14.8 Å². The fourth-order valence-corrected chi connectivity index (χ4v) is 7.88. The van der Waals surface area contributed by atoms with Crippen LogP contribution in [0.4, 0.5) is 0 Å². The highest BCUT2D eigenvalue weighted by Crippen LogP contribution is 2.82. The van der Waals surface area contributed by atoms with E-state index < -0.39 is 64.5 Å². The lowest BCUT2D eigenvalue weighted by Gasteiger charge is -2.41. The molecule has 4 unspecified atom stereocenters. The molecule has 11 nitrogen and oxygen atoms in total. The Balaban J connectivity index is 1.33. The summed E-state index contributed by atoms with van der Waals surface area (Å²) in [7, 11) is 0. The summed E-state index contributed by atoms with van der Waals surface area (Å²) in [4.78, 5) is 47.6. The van der Waals surface area contributed by atoms with E-state index in [0.29, 0.717) is 24.2 Å². The monoisotopic (exact) mass is 472 g/mol. The van der Waals surface area contributed by atoms with Crippen molar-refractivity contribution in [2.24, 2.45) is 10.8 Å². The number of aromatic nitrogens is 2. The summed E-state index contributed by atoms with van der Waals surface area (Å²) in [5.41, 5.74) is -3.09. The minimum Gasteiger partial charge on any atom is -0.459 e. The first-order valence-corrected chi connectivity index (χ1v) is 11.5. The number of hydrogen-bond acceptors (Lipinski definition) is 11. The molecule has 2 aliphatic carbocycles. The molecule has 6 aliphatic rings. The first kappa shape index (κ1) is 20.7. The van der Waals surface area contributed by atoms with E-state index in [2.05, 4.69) is 9.97 Å². The Morgan fingerprint density at radius 2 is 1.79 bits per heavy atom. The third-order valence-electron chi connectivity index (χ3n) is 9.28. The molecule has 0 radical (unpaired) electrons. The average Bonchev–Trinajstić information content (AvgIpc) is 3.48. The Labute approximate surface area is 194 Å². The van der Waals surface area contributed by atoms with Crippen molar-refractivity contribution in [3.05, 3.63) is 22.8 Å². The number of aryl methyl sites for hydroxylation is 3. The van der Waals surface area contributed by atoms with Gasteiger partial charge in [-0.25, -0.2) is 9.59 Å². The summed E-state index contributed by atoms with van der Waals surface area (Å²) in [6.45, 7) is 5.56. The van der Waals surface area contributed by atoms with E-state index in [-0.39, 0.29) is 19.4 Å². The second kappa shape index (κ2) is 5.95. The minimum absolute atomic E-state index is 0.0133. The number of esters is 3. The van der Waals surface area contributed by atoms with Crippen LogP contribution in [0.15, 0.2) is 0 Å². The molecule has 180 valence electrons. The third-order valence-corrected chi connectivity index (χ3v) is 9.28. The first-order valence-electron chi connectivity index (χ1n) is 11.5. The Morgan fingerprint density at radius 3 is 2.59 bits per heavy atom. The summed E-state index contributed by atoms with van der Waals surface area (Å²) in [5, 5.41) is 11.7. The molecule has 11 heteroatoms. The van der Waals surface area contributed by atoms with Crippen LogP contribution in [0.25, 0.3) is 0 Å². The normalized spacial score (nSPS) is 47.2. The van der Waals surface area contributed by atoms with Crippen molar-refractivity contribution in [3.8, 4) is 0 Å². The number of ether oxygens (including phenoxy) is 5. The zero-order chi connectivity index (χ0) is 23.8. The lowest BCUT2D eigenvalue weighted by Crippen LogP contribution is -2.63. The number of nitrogens with zero attached hydrogens (tertiary/aromatic N) is 2. The fourth-order valence-electron chi connectivity index (χ4n) is 7.88. The Kier molecular flexibility index (Phi) is 3.62. The Bertz CT molecular complexity index is 1200. The van der Waals surface area contributed by atoms with Gasteiger partial charge in [0.05, 0.1) is 46.6 Å². The highest BCUT2D eigenvalue weighted by atomic mass is 16.8. The van der Waals surface area contributed by atoms with Gasteiger partial charge >= 0.3 is 17.9 Å². The Hall–Kier alpha value is -2.63. The third kappa shape index (κ3) is 1.87. The maximum absolute atomic E-state index is 13.3. The highest BCUT2D eigenvalue weighted by Gasteiger charge is 2.98. The number of hydrogen-bond donors (Lipinski definition) is 1. The van der Waals surface area contributed by atoms with Gasteiger partial charge in [0.15, 0.2) is 11.7 Å². The van der Waals surface area contributed by atoms with E-state index in [1.165, 1.54) is 0 Å². The topological polar surface area (TPSA) is 143 Å².